The van der Waals surface area contributed by atoms with Crippen molar-refractivity contribution >= 4 is 23.6 Å². The molecule has 2 N–H and O–H groups in total. The third-order valence-electron chi connectivity index (χ3n) is 2.65. The molecule has 120 valence electrons. The lowest BCUT2D eigenvalue weighted by Crippen LogP contribution is -2.33. The summed E-state index contributed by atoms with van der Waals surface area (Å²) in [6.45, 7) is 1.60. The maximum absolute atomic E-state index is 11.7. The van der Waals surface area contributed by atoms with Gasteiger partial charge in [0.15, 0.2) is 0 Å². The van der Waals surface area contributed by atoms with Crippen LogP contribution in [-0.4, -0.2) is 35.3 Å². The average Bonchev–Trinajstić information content (AvgIpc) is 2.49. The third kappa shape index (κ3) is 5.84. The Morgan fingerprint density at radius 2 is 2.23 bits per heavy atom. The van der Waals surface area contributed by atoms with Crippen LogP contribution in [0.5, 0.6) is 0 Å². The number of aliphatic hydroxyl groups excluding tert-OH is 1. The van der Waals surface area contributed by atoms with Crippen molar-refractivity contribution < 1.29 is 19.6 Å². The molecule has 0 fully saturated rings. The summed E-state index contributed by atoms with van der Waals surface area (Å²) < 4.78 is 7.55. The van der Waals surface area contributed by atoms with E-state index in [1.54, 1.807) is 37.3 Å². The number of rotatable bonds is 8. The molecule has 1 aromatic carbocycles. The number of carbonyl (C=O) groups excluding carboxylic acids is 1. The van der Waals surface area contributed by atoms with E-state index in [4.69, 9.17) is 9.84 Å². The highest BCUT2D eigenvalue weighted by atomic mass is 32.2. The molecule has 8 heteroatoms. The number of nitro benzene ring substituents is 1. The molecule has 0 spiro atoms. The van der Waals surface area contributed by atoms with Gasteiger partial charge in [0, 0.05) is 6.07 Å². The number of para-hydroxylation sites is 1. The lowest BCUT2D eigenvalue weighted by Gasteiger charge is -2.14. The van der Waals surface area contributed by atoms with Gasteiger partial charge in [-0.1, -0.05) is 24.3 Å². The molecule has 1 aromatic rings. The van der Waals surface area contributed by atoms with Crippen LogP contribution in [0.25, 0.3) is 0 Å². The molecule has 22 heavy (non-hydrogen) atoms. The highest BCUT2D eigenvalue weighted by Gasteiger charge is 2.20. The highest BCUT2D eigenvalue weighted by molar-refractivity contribution is 7.97. The predicted octanol–water partition coefficient (Wildman–Crippen LogP) is 2.06. The number of esters is 1. The summed E-state index contributed by atoms with van der Waals surface area (Å²) in [7, 11) is 1.27. The lowest BCUT2D eigenvalue weighted by molar-refractivity contribution is -0.387. The number of methoxy groups -OCH3 is 1. The standard InChI is InChI=1S/C14H18N2O5S/c1-10(17)6-5-7-11(14(18)21-2)15-22-13-9-4-3-8-12(13)16(19)20/h3-6,8-11,15,17H,7H2,1-2H3/b6-5+/t10-,11-/m0/s1. The minimum absolute atomic E-state index is 0.0388. The second-order valence-electron chi connectivity index (χ2n) is 4.42. The lowest BCUT2D eigenvalue weighted by atomic mass is 10.2. The summed E-state index contributed by atoms with van der Waals surface area (Å²) >= 11 is 0.997. The van der Waals surface area contributed by atoms with Gasteiger partial charge >= 0.3 is 5.97 Å². The second-order valence-corrected chi connectivity index (χ2v) is 5.30. The molecule has 0 aliphatic carbocycles. The molecule has 0 amide bonds. The fourth-order valence-electron chi connectivity index (χ4n) is 1.58. The van der Waals surface area contributed by atoms with Crippen LogP contribution in [0, 0.1) is 10.1 Å². The molecule has 0 bridgehead atoms. The Balaban J connectivity index is 2.75. The Hall–Kier alpha value is -1.90. The zero-order valence-corrected chi connectivity index (χ0v) is 13.1. The number of nitro groups is 1. The zero-order chi connectivity index (χ0) is 16.5. The van der Waals surface area contributed by atoms with Gasteiger partial charge in [0.1, 0.15) is 10.9 Å². The van der Waals surface area contributed by atoms with Gasteiger partial charge in [0.2, 0.25) is 0 Å². The normalized spacial score (nSPS) is 13.8. The number of carbonyl (C=O) groups is 1. The number of nitrogens with one attached hydrogen (secondary N) is 1. The monoisotopic (exact) mass is 326 g/mol. The summed E-state index contributed by atoms with van der Waals surface area (Å²) in [6.07, 6.45) is 2.89. The third-order valence-corrected chi connectivity index (χ3v) is 3.61. The Kier molecular flexibility index (Phi) is 7.58. The van der Waals surface area contributed by atoms with Crippen LogP contribution < -0.4 is 4.72 Å². The highest BCUT2D eigenvalue weighted by Crippen LogP contribution is 2.27. The van der Waals surface area contributed by atoms with E-state index < -0.39 is 23.0 Å². The average molecular weight is 326 g/mol. The zero-order valence-electron chi connectivity index (χ0n) is 12.3. The Labute approximate surface area is 132 Å². The molecule has 0 saturated heterocycles. The molecule has 0 aromatic heterocycles. The van der Waals surface area contributed by atoms with E-state index in [9.17, 15) is 14.9 Å². The number of benzene rings is 1. The second kappa shape index (κ2) is 9.19. The van der Waals surface area contributed by atoms with Crippen LogP contribution in [0.4, 0.5) is 5.69 Å². The van der Waals surface area contributed by atoms with Gasteiger partial charge in [-0.15, -0.1) is 0 Å². The maximum Gasteiger partial charge on any atom is 0.324 e. The van der Waals surface area contributed by atoms with Crippen molar-refractivity contribution in [3.8, 4) is 0 Å². The first-order valence-electron chi connectivity index (χ1n) is 6.54. The maximum atomic E-state index is 11.7. The van der Waals surface area contributed by atoms with Crippen molar-refractivity contribution in [2.75, 3.05) is 7.11 Å². The topological polar surface area (TPSA) is 102 Å². The molecule has 0 radical (unpaired) electrons. The van der Waals surface area contributed by atoms with Gasteiger partial charge in [0.05, 0.1) is 18.1 Å². The van der Waals surface area contributed by atoms with Crippen LogP contribution in [0.1, 0.15) is 13.3 Å². The van der Waals surface area contributed by atoms with Gasteiger partial charge in [-0.3, -0.25) is 14.9 Å². The van der Waals surface area contributed by atoms with Crippen molar-refractivity contribution in [1.82, 2.24) is 4.72 Å². The predicted molar refractivity (Wildman–Crippen MR) is 83.3 cm³/mol. The number of hydrogen-bond donors (Lipinski definition) is 2. The minimum Gasteiger partial charge on any atom is -0.468 e. The van der Waals surface area contributed by atoms with Gasteiger partial charge in [-0.25, -0.2) is 4.72 Å². The number of ether oxygens (including phenoxy) is 1. The van der Waals surface area contributed by atoms with Crippen LogP contribution in [0.3, 0.4) is 0 Å². The molecule has 7 nitrogen and oxygen atoms in total. The molecular weight excluding hydrogens is 308 g/mol. The molecule has 0 aliphatic heterocycles. The van der Waals surface area contributed by atoms with E-state index in [2.05, 4.69) is 4.72 Å². The Bertz CT molecular complexity index is 548. The Morgan fingerprint density at radius 1 is 1.55 bits per heavy atom. The number of nitrogens with zero attached hydrogens (tertiary/aromatic N) is 1. The van der Waals surface area contributed by atoms with Gasteiger partial charge in [0.25, 0.3) is 5.69 Å². The molecule has 0 heterocycles. The molecule has 1 rings (SSSR count). The smallest absolute Gasteiger partial charge is 0.324 e. The van der Waals surface area contributed by atoms with E-state index in [1.165, 1.54) is 13.2 Å². The largest absolute Gasteiger partial charge is 0.468 e. The number of aliphatic hydroxyl groups is 1. The van der Waals surface area contributed by atoms with Crippen LogP contribution >= 0.6 is 11.9 Å². The van der Waals surface area contributed by atoms with E-state index >= 15 is 0 Å². The van der Waals surface area contributed by atoms with E-state index in [1.807, 2.05) is 0 Å². The molecule has 0 aliphatic rings. The molecular formula is C14H18N2O5S. The van der Waals surface area contributed by atoms with Gasteiger partial charge in [-0.2, -0.15) is 0 Å². The first-order valence-corrected chi connectivity index (χ1v) is 7.35. The molecule has 2 atom stereocenters. The van der Waals surface area contributed by atoms with E-state index in [0.29, 0.717) is 11.3 Å². The van der Waals surface area contributed by atoms with Crippen molar-refractivity contribution in [2.45, 2.75) is 30.4 Å². The van der Waals surface area contributed by atoms with Crippen molar-refractivity contribution in [1.29, 1.82) is 0 Å². The van der Waals surface area contributed by atoms with Crippen molar-refractivity contribution in [2.24, 2.45) is 0 Å². The van der Waals surface area contributed by atoms with Crippen LogP contribution in [0.2, 0.25) is 0 Å². The van der Waals surface area contributed by atoms with Crippen LogP contribution in [-0.2, 0) is 9.53 Å². The van der Waals surface area contributed by atoms with E-state index in [0.717, 1.165) is 11.9 Å². The quantitative estimate of drug-likeness (QED) is 0.248. The fraction of sp³-hybridized carbons (Fsp3) is 0.357. The van der Waals surface area contributed by atoms with Crippen LogP contribution in [0.15, 0.2) is 41.3 Å². The summed E-state index contributed by atoms with van der Waals surface area (Å²) in [5, 5.41) is 20.1. The SMILES string of the molecule is COC(=O)[C@H](C/C=C/[C@H](C)O)NSc1ccccc1[N+](=O)[O-]. The van der Waals surface area contributed by atoms with Crippen molar-refractivity contribution in [3.05, 3.63) is 46.5 Å². The first-order chi connectivity index (χ1) is 10.5. The summed E-state index contributed by atoms with van der Waals surface area (Å²) in [5.41, 5.74) is -0.0388. The fourth-order valence-corrected chi connectivity index (χ4v) is 2.43. The minimum atomic E-state index is -0.676. The summed E-state index contributed by atoms with van der Waals surface area (Å²) in [4.78, 5) is 22.6. The van der Waals surface area contributed by atoms with E-state index in [-0.39, 0.29) is 5.69 Å². The first kappa shape index (κ1) is 18.1. The molecule has 0 saturated carbocycles. The molecule has 0 unspecified atom stereocenters. The Morgan fingerprint density at radius 3 is 2.82 bits per heavy atom. The van der Waals surface area contributed by atoms with Gasteiger partial charge < -0.3 is 9.84 Å². The number of hydrogen-bond acceptors (Lipinski definition) is 7. The van der Waals surface area contributed by atoms with Crippen molar-refractivity contribution in [3.63, 3.8) is 0 Å². The van der Waals surface area contributed by atoms with Gasteiger partial charge in [-0.05, 0) is 31.4 Å². The summed E-state index contributed by atoms with van der Waals surface area (Å²) in [6, 6.07) is 5.56. The summed E-state index contributed by atoms with van der Waals surface area (Å²) in [5.74, 6) is -0.485.